The zero-order chi connectivity index (χ0) is 18.6. The lowest BCUT2D eigenvalue weighted by molar-refractivity contribution is -0.137. The molecule has 0 radical (unpaired) electrons. The molecule has 0 unspecified atom stereocenters. The molecular formula is C20H30N4O. The summed E-state index contributed by atoms with van der Waals surface area (Å²) < 4.78 is 1.78. The predicted molar refractivity (Wildman–Crippen MR) is 101 cm³/mol. The number of carbonyl (C=O) groups excluding carboxylic acids is 1. The Morgan fingerprint density at radius 2 is 1.92 bits per heavy atom. The van der Waals surface area contributed by atoms with Crippen LogP contribution in [0.15, 0.2) is 36.7 Å². The SMILES string of the molecule is Cc1ccccc1[C@@H](C(=O)N(Cc1cnn(C)c1)CC(C)C)N(C)C. The van der Waals surface area contributed by atoms with Crippen molar-refractivity contribution in [3.8, 4) is 0 Å². The van der Waals surface area contributed by atoms with Crippen LogP contribution < -0.4 is 0 Å². The molecule has 1 aromatic carbocycles. The van der Waals surface area contributed by atoms with Gasteiger partial charge in [-0.2, -0.15) is 5.10 Å². The van der Waals surface area contributed by atoms with Gasteiger partial charge in [-0.1, -0.05) is 38.1 Å². The van der Waals surface area contributed by atoms with Gasteiger partial charge in [-0.15, -0.1) is 0 Å². The first kappa shape index (κ1) is 19.2. The van der Waals surface area contributed by atoms with Gasteiger partial charge in [0, 0.05) is 31.9 Å². The molecule has 2 rings (SSSR count). The van der Waals surface area contributed by atoms with Crippen LogP contribution in [0.1, 0.15) is 36.6 Å². The minimum atomic E-state index is -0.281. The molecule has 1 atom stereocenters. The molecule has 1 heterocycles. The molecule has 5 heteroatoms. The Morgan fingerprint density at radius 3 is 2.44 bits per heavy atom. The molecule has 0 aliphatic heterocycles. The van der Waals surface area contributed by atoms with Crippen LogP contribution in [-0.4, -0.2) is 46.1 Å². The van der Waals surface area contributed by atoms with Crippen molar-refractivity contribution in [2.75, 3.05) is 20.6 Å². The summed E-state index contributed by atoms with van der Waals surface area (Å²) in [6.07, 6.45) is 3.80. The average Bonchev–Trinajstić information content (AvgIpc) is 2.93. The fraction of sp³-hybridized carbons (Fsp3) is 0.500. The van der Waals surface area contributed by atoms with E-state index in [0.29, 0.717) is 12.5 Å². The standard InChI is InChI=1S/C20H30N4O/c1-15(2)12-24(14-17-11-21-23(6)13-17)20(25)19(22(4)5)18-10-8-7-9-16(18)3/h7-11,13,15,19H,12,14H2,1-6H3/t19-/m0/s1. The zero-order valence-electron chi connectivity index (χ0n) is 16.2. The summed E-state index contributed by atoms with van der Waals surface area (Å²) in [5, 5.41) is 4.23. The third kappa shape index (κ3) is 4.92. The molecule has 0 bridgehead atoms. The fourth-order valence-corrected chi connectivity index (χ4v) is 3.15. The molecule has 0 saturated heterocycles. The Morgan fingerprint density at radius 1 is 1.24 bits per heavy atom. The summed E-state index contributed by atoms with van der Waals surface area (Å²) in [4.78, 5) is 17.4. The van der Waals surface area contributed by atoms with Crippen LogP contribution in [0.2, 0.25) is 0 Å². The smallest absolute Gasteiger partial charge is 0.244 e. The highest BCUT2D eigenvalue weighted by Crippen LogP contribution is 2.25. The van der Waals surface area contributed by atoms with Crippen molar-refractivity contribution in [2.24, 2.45) is 13.0 Å². The summed E-state index contributed by atoms with van der Waals surface area (Å²) in [5.41, 5.74) is 3.26. The highest BCUT2D eigenvalue weighted by atomic mass is 16.2. The van der Waals surface area contributed by atoms with Gasteiger partial charge in [-0.25, -0.2) is 0 Å². The average molecular weight is 342 g/mol. The first-order valence-corrected chi connectivity index (χ1v) is 8.77. The number of likely N-dealkylation sites (N-methyl/N-ethyl adjacent to an activating group) is 1. The molecule has 0 N–H and O–H groups in total. The first-order chi connectivity index (χ1) is 11.8. The van der Waals surface area contributed by atoms with Crippen molar-refractivity contribution in [1.82, 2.24) is 19.6 Å². The fourth-order valence-electron chi connectivity index (χ4n) is 3.15. The Labute approximate surface area is 151 Å². The molecule has 0 saturated carbocycles. The van der Waals surface area contributed by atoms with Gasteiger partial charge < -0.3 is 4.90 Å². The van der Waals surface area contributed by atoms with Crippen molar-refractivity contribution >= 4 is 5.91 Å². The van der Waals surface area contributed by atoms with Crippen molar-refractivity contribution in [2.45, 2.75) is 33.4 Å². The van der Waals surface area contributed by atoms with E-state index in [4.69, 9.17) is 0 Å². The number of aromatic nitrogens is 2. The maximum atomic E-state index is 13.4. The van der Waals surface area contributed by atoms with Gasteiger partial charge in [0.1, 0.15) is 6.04 Å². The van der Waals surface area contributed by atoms with Crippen molar-refractivity contribution < 1.29 is 4.79 Å². The zero-order valence-corrected chi connectivity index (χ0v) is 16.2. The van der Waals surface area contributed by atoms with Crippen molar-refractivity contribution in [1.29, 1.82) is 0 Å². The molecule has 0 fully saturated rings. The van der Waals surface area contributed by atoms with Gasteiger partial charge in [-0.3, -0.25) is 14.4 Å². The second-order valence-corrected chi connectivity index (χ2v) is 7.36. The van der Waals surface area contributed by atoms with Crippen LogP contribution in [0.25, 0.3) is 0 Å². The predicted octanol–water partition coefficient (Wildman–Crippen LogP) is 3.02. The molecular weight excluding hydrogens is 312 g/mol. The summed E-state index contributed by atoms with van der Waals surface area (Å²) in [6.45, 7) is 7.65. The number of hydrogen-bond donors (Lipinski definition) is 0. The maximum Gasteiger partial charge on any atom is 0.244 e. The monoisotopic (exact) mass is 342 g/mol. The van der Waals surface area contributed by atoms with Crippen LogP contribution >= 0.6 is 0 Å². The summed E-state index contributed by atoms with van der Waals surface area (Å²) in [7, 11) is 5.83. The highest BCUT2D eigenvalue weighted by Gasteiger charge is 2.29. The number of nitrogens with zero attached hydrogens (tertiary/aromatic N) is 4. The first-order valence-electron chi connectivity index (χ1n) is 8.77. The van der Waals surface area contributed by atoms with Crippen LogP contribution in [0.4, 0.5) is 0 Å². The molecule has 2 aromatic rings. The third-order valence-corrected chi connectivity index (χ3v) is 4.26. The lowest BCUT2D eigenvalue weighted by Crippen LogP contribution is -2.42. The second-order valence-electron chi connectivity index (χ2n) is 7.36. The van der Waals surface area contributed by atoms with Gasteiger partial charge in [0.2, 0.25) is 5.91 Å². The van der Waals surface area contributed by atoms with E-state index < -0.39 is 0 Å². The van der Waals surface area contributed by atoms with Crippen LogP contribution in [0.3, 0.4) is 0 Å². The van der Waals surface area contributed by atoms with E-state index in [-0.39, 0.29) is 11.9 Å². The van der Waals surface area contributed by atoms with Gasteiger partial charge in [0.05, 0.1) is 6.20 Å². The van der Waals surface area contributed by atoms with E-state index in [1.807, 2.05) is 55.5 Å². The van der Waals surface area contributed by atoms with Crippen LogP contribution in [0.5, 0.6) is 0 Å². The van der Waals surface area contributed by atoms with E-state index >= 15 is 0 Å². The van der Waals surface area contributed by atoms with Crippen molar-refractivity contribution in [3.05, 3.63) is 53.3 Å². The van der Waals surface area contributed by atoms with E-state index in [1.165, 1.54) is 0 Å². The topological polar surface area (TPSA) is 41.4 Å². The Bertz CT molecular complexity index is 705. The van der Waals surface area contributed by atoms with Gasteiger partial charge >= 0.3 is 0 Å². The highest BCUT2D eigenvalue weighted by molar-refractivity contribution is 5.83. The summed E-state index contributed by atoms with van der Waals surface area (Å²) >= 11 is 0. The second kappa shape index (κ2) is 8.30. The van der Waals surface area contributed by atoms with Gasteiger partial charge in [0.25, 0.3) is 0 Å². The molecule has 0 aliphatic rings. The minimum Gasteiger partial charge on any atom is -0.336 e. The molecule has 1 aromatic heterocycles. The Hall–Kier alpha value is -2.14. The molecule has 25 heavy (non-hydrogen) atoms. The molecule has 0 spiro atoms. The maximum absolute atomic E-state index is 13.4. The van der Waals surface area contributed by atoms with Gasteiger partial charge in [0.15, 0.2) is 0 Å². The number of amides is 1. The lowest BCUT2D eigenvalue weighted by Gasteiger charge is -2.32. The van der Waals surface area contributed by atoms with Crippen LogP contribution in [-0.2, 0) is 18.4 Å². The third-order valence-electron chi connectivity index (χ3n) is 4.26. The minimum absolute atomic E-state index is 0.136. The number of hydrogen-bond acceptors (Lipinski definition) is 3. The summed E-state index contributed by atoms with van der Waals surface area (Å²) in [5.74, 6) is 0.539. The van der Waals surface area contributed by atoms with E-state index in [2.05, 4.69) is 38.0 Å². The van der Waals surface area contributed by atoms with E-state index in [0.717, 1.165) is 23.2 Å². The number of aryl methyl sites for hydroxylation is 2. The van der Waals surface area contributed by atoms with E-state index in [9.17, 15) is 4.79 Å². The molecule has 1 amide bonds. The Balaban J connectivity index is 2.32. The molecule has 0 aliphatic carbocycles. The van der Waals surface area contributed by atoms with Crippen molar-refractivity contribution in [3.63, 3.8) is 0 Å². The van der Waals surface area contributed by atoms with Gasteiger partial charge in [-0.05, 0) is 38.1 Å². The largest absolute Gasteiger partial charge is 0.336 e. The number of rotatable bonds is 7. The summed E-state index contributed by atoms with van der Waals surface area (Å²) in [6, 6.07) is 7.84. The molecule has 136 valence electrons. The number of carbonyl (C=O) groups is 1. The quantitative estimate of drug-likeness (QED) is 0.777. The number of benzene rings is 1. The van der Waals surface area contributed by atoms with E-state index in [1.54, 1.807) is 4.68 Å². The normalized spacial score (nSPS) is 12.6. The lowest BCUT2D eigenvalue weighted by atomic mass is 9.98. The molecule has 5 nitrogen and oxygen atoms in total. The van der Waals surface area contributed by atoms with Crippen LogP contribution in [0, 0.1) is 12.8 Å². The Kier molecular flexibility index (Phi) is 6.37.